The van der Waals surface area contributed by atoms with E-state index in [1.54, 1.807) is 4.68 Å². The van der Waals surface area contributed by atoms with Crippen LogP contribution in [0.4, 0.5) is 11.9 Å². The van der Waals surface area contributed by atoms with E-state index < -0.39 is 0 Å². The molecule has 0 bridgehead atoms. The Morgan fingerprint density at radius 2 is 1.78 bits per heavy atom. The van der Waals surface area contributed by atoms with Gasteiger partial charge < -0.3 is 11.1 Å². The molecule has 0 saturated heterocycles. The van der Waals surface area contributed by atoms with Crippen molar-refractivity contribution in [3.05, 3.63) is 60.2 Å². The molecule has 2 aromatic heterocycles. The molecule has 3 N–H and O–H groups in total. The van der Waals surface area contributed by atoms with Crippen molar-refractivity contribution in [1.29, 1.82) is 0 Å². The summed E-state index contributed by atoms with van der Waals surface area (Å²) in [4.78, 5) is 8.80. The van der Waals surface area contributed by atoms with Crippen LogP contribution in [0.1, 0.15) is 5.56 Å². The zero-order valence-corrected chi connectivity index (χ0v) is 13.0. The van der Waals surface area contributed by atoms with Gasteiger partial charge in [-0.25, -0.2) is 4.98 Å². The summed E-state index contributed by atoms with van der Waals surface area (Å²) < 4.78 is 2.66. The molecule has 0 radical (unpaired) electrons. The highest BCUT2D eigenvalue weighted by Crippen LogP contribution is 2.25. The Balaban J connectivity index is 1.59. The molecule has 4 aromatic rings. The number of anilines is 2. The number of nitrogens with zero attached hydrogens (tertiary/aromatic N) is 4. The van der Waals surface area contributed by atoms with Gasteiger partial charge in [-0.2, -0.15) is 9.67 Å². The average molecular weight is 322 g/mol. The van der Waals surface area contributed by atoms with Gasteiger partial charge in [0, 0.05) is 6.54 Å². The van der Waals surface area contributed by atoms with Gasteiger partial charge in [-0.05, 0) is 17.7 Å². The van der Waals surface area contributed by atoms with E-state index in [4.69, 9.17) is 5.73 Å². The van der Waals surface area contributed by atoms with Crippen molar-refractivity contribution in [2.24, 2.45) is 0 Å². The highest BCUT2D eigenvalue weighted by Gasteiger charge is 2.12. The third-order valence-electron chi connectivity index (χ3n) is 3.39. The first kappa shape index (κ1) is 13.7. The maximum absolute atomic E-state index is 5.98. The molecule has 114 valence electrons. The smallest absolute Gasteiger partial charge is 0.244 e. The summed E-state index contributed by atoms with van der Waals surface area (Å²) in [6.07, 6.45) is 0. The van der Waals surface area contributed by atoms with Crippen LogP contribution in [0.3, 0.4) is 0 Å². The molecule has 0 spiro atoms. The van der Waals surface area contributed by atoms with Gasteiger partial charge in [0.25, 0.3) is 0 Å². The van der Waals surface area contributed by atoms with E-state index in [1.807, 2.05) is 54.6 Å². The average Bonchev–Trinajstić information content (AvgIpc) is 3.17. The zero-order chi connectivity index (χ0) is 15.6. The predicted molar refractivity (Wildman–Crippen MR) is 92.7 cm³/mol. The molecule has 0 aliphatic heterocycles. The summed E-state index contributed by atoms with van der Waals surface area (Å²) >= 11 is 1.53. The maximum atomic E-state index is 5.98. The largest absolute Gasteiger partial charge is 0.368 e. The molecule has 7 heteroatoms. The van der Waals surface area contributed by atoms with Crippen LogP contribution in [0.2, 0.25) is 0 Å². The Bertz CT molecular complexity index is 911. The highest BCUT2D eigenvalue weighted by molar-refractivity contribution is 7.20. The molecule has 2 aromatic carbocycles. The molecule has 2 heterocycles. The van der Waals surface area contributed by atoms with Crippen LogP contribution in [0, 0.1) is 0 Å². The van der Waals surface area contributed by atoms with E-state index >= 15 is 0 Å². The molecule has 0 unspecified atom stereocenters. The first-order valence-electron chi connectivity index (χ1n) is 7.16. The van der Waals surface area contributed by atoms with Crippen molar-refractivity contribution in [3.8, 4) is 5.13 Å². The van der Waals surface area contributed by atoms with Gasteiger partial charge in [0.05, 0.1) is 10.2 Å². The van der Waals surface area contributed by atoms with Crippen molar-refractivity contribution < 1.29 is 0 Å². The number of benzene rings is 2. The van der Waals surface area contributed by atoms with Gasteiger partial charge in [-0.15, -0.1) is 5.10 Å². The van der Waals surface area contributed by atoms with Crippen LogP contribution in [-0.2, 0) is 6.54 Å². The van der Waals surface area contributed by atoms with Crippen LogP contribution in [-0.4, -0.2) is 19.7 Å². The minimum Gasteiger partial charge on any atom is -0.368 e. The second kappa shape index (κ2) is 5.69. The molecule has 0 atom stereocenters. The van der Waals surface area contributed by atoms with Crippen molar-refractivity contribution >= 4 is 33.5 Å². The SMILES string of the molecule is Nc1nc(NCc2ccccc2)nn1-c1nc2ccccc2s1. The summed E-state index contributed by atoms with van der Waals surface area (Å²) in [5.74, 6) is 0.810. The first-order valence-corrected chi connectivity index (χ1v) is 7.97. The number of aromatic nitrogens is 4. The summed E-state index contributed by atoms with van der Waals surface area (Å²) in [6.45, 7) is 0.643. The number of para-hydroxylation sites is 1. The molecular weight excluding hydrogens is 308 g/mol. The van der Waals surface area contributed by atoms with Crippen molar-refractivity contribution in [3.63, 3.8) is 0 Å². The lowest BCUT2D eigenvalue weighted by atomic mass is 10.2. The summed E-state index contributed by atoms with van der Waals surface area (Å²) in [5, 5.41) is 8.30. The normalized spacial score (nSPS) is 11.0. The van der Waals surface area contributed by atoms with Gasteiger partial charge in [0.2, 0.25) is 17.0 Å². The number of nitrogens with one attached hydrogen (secondary N) is 1. The standard InChI is InChI=1S/C16H14N6S/c17-14-20-15(18-10-11-6-2-1-3-7-11)21-22(14)16-19-12-8-4-5-9-13(12)23-16/h1-9H,10H2,(H3,17,18,20,21). The number of nitrogen functional groups attached to an aromatic ring is 1. The molecule has 0 fully saturated rings. The zero-order valence-electron chi connectivity index (χ0n) is 12.2. The van der Waals surface area contributed by atoms with E-state index in [9.17, 15) is 0 Å². The first-order chi connectivity index (χ1) is 11.3. The second-order valence-corrected chi connectivity index (χ2v) is 6.02. The molecule has 4 rings (SSSR count). The maximum Gasteiger partial charge on any atom is 0.244 e. The van der Waals surface area contributed by atoms with Crippen molar-refractivity contribution in [2.45, 2.75) is 6.54 Å². The van der Waals surface area contributed by atoms with Crippen molar-refractivity contribution in [2.75, 3.05) is 11.1 Å². The molecular formula is C16H14N6S. The summed E-state index contributed by atoms with van der Waals surface area (Å²) in [6, 6.07) is 18.0. The Morgan fingerprint density at radius 3 is 2.61 bits per heavy atom. The lowest BCUT2D eigenvalue weighted by molar-refractivity contribution is 0.880. The van der Waals surface area contributed by atoms with Crippen LogP contribution >= 0.6 is 11.3 Å². The van der Waals surface area contributed by atoms with Gasteiger partial charge in [0.15, 0.2) is 0 Å². The Morgan fingerprint density at radius 1 is 1.00 bits per heavy atom. The lowest BCUT2D eigenvalue weighted by Gasteiger charge is -2.00. The fourth-order valence-electron chi connectivity index (χ4n) is 2.27. The highest BCUT2D eigenvalue weighted by atomic mass is 32.1. The Hall–Kier alpha value is -2.93. The minimum atomic E-state index is 0.319. The molecule has 23 heavy (non-hydrogen) atoms. The van der Waals surface area contributed by atoms with Gasteiger partial charge in [-0.1, -0.05) is 53.8 Å². The van der Waals surface area contributed by atoms with Gasteiger partial charge >= 0.3 is 0 Å². The number of hydrogen-bond acceptors (Lipinski definition) is 6. The molecule has 0 amide bonds. The Labute approximate surface area is 136 Å². The summed E-state index contributed by atoms with van der Waals surface area (Å²) in [7, 11) is 0. The van der Waals surface area contributed by atoms with Crippen molar-refractivity contribution in [1.82, 2.24) is 19.7 Å². The molecule has 6 nitrogen and oxygen atoms in total. The fraction of sp³-hybridized carbons (Fsp3) is 0.0625. The third kappa shape index (κ3) is 2.74. The van der Waals surface area contributed by atoms with Gasteiger partial charge in [-0.3, -0.25) is 0 Å². The van der Waals surface area contributed by atoms with E-state index in [-0.39, 0.29) is 0 Å². The molecule has 0 saturated carbocycles. The topological polar surface area (TPSA) is 81.6 Å². The fourth-order valence-corrected chi connectivity index (χ4v) is 3.19. The summed E-state index contributed by atoms with van der Waals surface area (Å²) in [5.41, 5.74) is 8.07. The predicted octanol–water partition coefficient (Wildman–Crippen LogP) is 3.07. The second-order valence-electron chi connectivity index (χ2n) is 5.01. The van der Waals surface area contributed by atoms with Crippen LogP contribution < -0.4 is 11.1 Å². The van der Waals surface area contributed by atoms with Gasteiger partial charge in [0.1, 0.15) is 0 Å². The van der Waals surface area contributed by atoms with E-state index in [0.29, 0.717) is 23.6 Å². The molecule has 0 aliphatic carbocycles. The minimum absolute atomic E-state index is 0.319. The van der Waals surface area contributed by atoms with E-state index in [0.717, 1.165) is 15.8 Å². The van der Waals surface area contributed by atoms with E-state index in [2.05, 4.69) is 20.4 Å². The number of nitrogens with two attached hydrogens (primary N) is 1. The quantitative estimate of drug-likeness (QED) is 0.603. The monoisotopic (exact) mass is 322 g/mol. The van der Waals surface area contributed by atoms with Crippen LogP contribution in [0.25, 0.3) is 15.3 Å². The van der Waals surface area contributed by atoms with Crippen LogP contribution in [0.15, 0.2) is 54.6 Å². The third-order valence-corrected chi connectivity index (χ3v) is 4.40. The molecule has 0 aliphatic rings. The number of hydrogen-bond donors (Lipinski definition) is 2. The number of rotatable bonds is 4. The van der Waals surface area contributed by atoms with E-state index in [1.165, 1.54) is 11.3 Å². The van der Waals surface area contributed by atoms with Crippen LogP contribution in [0.5, 0.6) is 0 Å². The lowest BCUT2D eigenvalue weighted by Crippen LogP contribution is -2.03. The number of fused-ring (bicyclic) bond motifs is 1. The Kier molecular flexibility index (Phi) is 3.39. The number of thiazole rings is 1.